The number of aliphatic hydroxyl groups excluding tert-OH is 1. The molecule has 0 aliphatic heterocycles. The van der Waals surface area contributed by atoms with Crippen LogP contribution in [0.15, 0.2) is 54.6 Å². The van der Waals surface area contributed by atoms with Gasteiger partial charge < -0.3 is 10.4 Å². The van der Waals surface area contributed by atoms with Crippen molar-refractivity contribution in [3.05, 3.63) is 71.3 Å². The molecule has 0 heterocycles. The molecule has 3 rings (SSSR count). The highest BCUT2D eigenvalue weighted by Gasteiger charge is 2.32. The summed E-state index contributed by atoms with van der Waals surface area (Å²) in [4.78, 5) is 12.3. The smallest absolute Gasteiger partial charge is 0.228 e. The number of hydrogen-bond acceptors (Lipinski definition) is 2. The lowest BCUT2D eigenvalue weighted by molar-refractivity contribution is -0.124. The van der Waals surface area contributed by atoms with Crippen molar-refractivity contribution in [1.29, 1.82) is 0 Å². The molecule has 2 N–H and O–H groups in total. The lowest BCUT2D eigenvalue weighted by Crippen LogP contribution is -2.44. The Balaban J connectivity index is 1.61. The van der Waals surface area contributed by atoms with E-state index < -0.39 is 0 Å². The van der Waals surface area contributed by atoms with Crippen molar-refractivity contribution in [3.8, 4) is 0 Å². The van der Waals surface area contributed by atoms with E-state index in [4.69, 9.17) is 0 Å². The molecule has 3 nitrogen and oxygen atoms in total. The van der Waals surface area contributed by atoms with Crippen molar-refractivity contribution < 1.29 is 9.90 Å². The third-order valence-electron chi connectivity index (χ3n) is 4.06. The zero-order valence-electron chi connectivity index (χ0n) is 11.8. The van der Waals surface area contributed by atoms with Crippen molar-refractivity contribution >= 4 is 5.91 Å². The molecule has 3 heteroatoms. The quantitative estimate of drug-likeness (QED) is 0.881. The van der Waals surface area contributed by atoms with Crippen molar-refractivity contribution in [2.45, 2.75) is 24.8 Å². The van der Waals surface area contributed by atoms with Gasteiger partial charge in [-0.05, 0) is 29.5 Å². The highest BCUT2D eigenvalue weighted by Crippen LogP contribution is 2.34. The topological polar surface area (TPSA) is 49.3 Å². The maximum absolute atomic E-state index is 12.3. The maximum Gasteiger partial charge on any atom is 0.228 e. The summed E-state index contributed by atoms with van der Waals surface area (Å²) in [5.41, 5.74) is 3.48. The van der Waals surface area contributed by atoms with Gasteiger partial charge in [0.2, 0.25) is 5.91 Å². The second-order valence-electron chi connectivity index (χ2n) is 5.53. The van der Waals surface area contributed by atoms with E-state index in [1.54, 1.807) is 0 Å². The summed E-state index contributed by atoms with van der Waals surface area (Å²) < 4.78 is 0. The molecule has 0 fully saturated rings. The first-order valence-corrected chi connectivity index (χ1v) is 7.31. The molecule has 2 atom stereocenters. The summed E-state index contributed by atoms with van der Waals surface area (Å²) >= 11 is 0. The van der Waals surface area contributed by atoms with Gasteiger partial charge in [-0.1, -0.05) is 54.6 Å². The van der Waals surface area contributed by atoms with Crippen LogP contribution in [-0.4, -0.2) is 23.7 Å². The van der Waals surface area contributed by atoms with Crippen molar-refractivity contribution in [3.63, 3.8) is 0 Å². The molecule has 0 radical (unpaired) electrons. The fourth-order valence-electron chi connectivity index (χ4n) is 2.85. The predicted molar refractivity (Wildman–Crippen MR) is 82.0 cm³/mol. The first-order valence-electron chi connectivity index (χ1n) is 7.31. The van der Waals surface area contributed by atoms with Gasteiger partial charge in [-0.3, -0.25) is 4.79 Å². The van der Waals surface area contributed by atoms with Gasteiger partial charge in [0.15, 0.2) is 0 Å². The SMILES string of the molecule is O=C(N[C@@H](CO)Cc1ccccc1)C1Cc2ccccc21. The van der Waals surface area contributed by atoms with Crippen molar-refractivity contribution in [2.24, 2.45) is 0 Å². The van der Waals surface area contributed by atoms with Gasteiger partial charge in [0.1, 0.15) is 0 Å². The third-order valence-corrected chi connectivity index (χ3v) is 4.06. The van der Waals surface area contributed by atoms with Crippen LogP contribution >= 0.6 is 0 Å². The largest absolute Gasteiger partial charge is 0.394 e. The Bertz CT molecular complexity index is 624. The summed E-state index contributed by atoms with van der Waals surface area (Å²) in [5, 5.41) is 12.5. The van der Waals surface area contributed by atoms with Crippen LogP contribution in [0.2, 0.25) is 0 Å². The van der Waals surface area contributed by atoms with Crippen LogP contribution in [0.3, 0.4) is 0 Å². The fourth-order valence-corrected chi connectivity index (χ4v) is 2.85. The molecule has 2 aromatic carbocycles. The number of aliphatic hydroxyl groups is 1. The summed E-state index contributed by atoms with van der Waals surface area (Å²) in [6, 6.07) is 17.7. The Hall–Kier alpha value is -2.13. The lowest BCUT2D eigenvalue weighted by atomic mass is 9.77. The minimum atomic E-state index is -0.229. The molecular formula is C18H19NO2. The molecule has 0 saturated carbocycles. The van der Waals surface area contributed by atoms with E-state index in [1.807, 2.05) is 48.5 Å². The number of nitrogens with one attached hydrogen (secondary N) is 1. The van der Waals surface area contributed by atoms with Gasteiger partial charge in [-0.15, -0.1) is 0 Å². The number of carbonyl (C=O) groups is 1. The molecule has 0 bridgehead atoms. The summed E-state index contributed by atoms with van der Waals surface area (Å²) in [6.45, 7) is -0.0466. The van der Waals surface area contributed by atoms with E-state index in [9.17, 15) is 9.90 Å². The third kappa shape index (κ3) is 2.98. The molecule has 1 aliphatic carbocycles. The van der Waals surface area contributed by atoms with E-state index in [2.05, 4.69) is 11.4 Å². The molecule has 1 unspecified atom stereocenters. The second-order valence-corrected chi connectivity index (χ2v) is 5.53. The van der Waals surface area contributed by atoms with Gasteiger partial charge >= 0.3 is 0 Å². The zero-order chi connectivity index (χ0) is 14.7. The van der Waals surface area contributed by atoms with E-state index in [1.165, 1.54) is 5.56 Å². The molecule has 0 saturated heterocycles. The fraction of sp³-hybridized carbons (Fsp3) is 0.278. The van der Waals surface area contributed by atoms with Gasteiger partial charge in [-0.2, -0.15) is 0 Å². The number of benzene rings is 2. The molecule has 1 amide bonds. The minimum Gasteiger partial charge on any atom is -0.394 e. The Morgan fingerprint density at radius 1 is 1.14 bits per heavy atom. The Kier molecular flexibility index (Phi) is 4.02. The van der Waals surface area contributed by atoms with Gasteiger partial charge in [0, 0.05) is 0 Å². The monoisotopic (exact) mass is 281 g/mol. The Labute approximate surface area is 124 Å². The van der Waals surface area contributed by atoms with Gasteiger partial charge in [0.05, 0.1) is 18.6 Å². The van der Waals surface area contributed by atoms with Crippen LogP contribution in [0.4, 0.5) is 0 Å². The van der Waals surface area contributed by atoms with Crippen LogP contribution in [0, 0.1) is 0 Å². The molecule has 1 aliphatic rings. The van der Waals surface area contributed by atoms with Crippen molar-refractivity contribution in [1.82, 2.24) is 5.32 Å². The summed E-state index contributed by atoms with van der Waals surface area (Å²) in [7, 11) is 0. The van der Waals surface area contributed by atoms with Crippen molar-refractivity contribution in [2.75, 3.05) is 6.61 Å². The standard InChI is InChI=1S/C18H19NO2/c20-12-15(10-13-6-2-1-3-7-13)19-18(21)17-11-14-8-4-5-9-16(14)17/h1-9,15,17,20H,10-12H2,(H,19,21)/t15-,17?/m1/s1. The lowest BCUT2D eigenvalue weighted by Gasteiger charge is -2.30. The normalized spacial score (nSPS) is 17.5. The summed E-state index contributed by atoms with van der Waals surface area (Å²) in [5.74, 6) is -0.0466. The highest BCUT2D eigenvalue weighted by molar-refractivity contribution is 5.87. The van der Waals surface area contributed by atoms with Crippen LogP contribution < -0.4 is 5.32 Å². The van der Waals surface area contributed by atoms with Crippen LogP contribution in [-0.2, 0) is 17.6 Å². The number of fused-ring (bicyclic) bond motifs is 1. The highest BCUT2D eigenvalue weighted by atomic mass is 16.3. The van der Waals surface area contributed by atoms with Crippen LogP contribution in [0.1, 0.15) is 22.6 Å². The number of hydrogen-bond donors (Lipinski definition) is 2. The van der Waals surface area contributed by atoms with Gasteiger partial charge in [0.25, 0.3) is 0 Å². The minimum absolute atomic E-state index is 0.0173. The van der Waals surface area contributed by atoms with E-state index in [-0.39, 0.29) is 24.5 Å². The maximum atomic E-state index is 12.3. The van der Waals surface area contributed by atoms with E-state index in [0.29, 0.717) is 6.42 Å². The Morgan fingerprint density at radius 2 is 1.86 bits per heavy atom. The Morgan fingerprint density at radius 3 is 2.57 bits per heavy atom. The average Bonchev–Trinajstić information content (AvgIpc) is 2.49. The number of carbonyl (C=O) groups excluding carboxylic acids is 1. The molecular weight excluding hydrogens is 262 g/mol. The number of amides is 1. The summed E-state index contributed by atoms with van der Waals surface area (Å²) in [6.07, 6.45) is 1.45. The van der Waals surface area contributed by atoms with Crippen LogP contribution in [0.5, 0.6) is 0 Å². The molecule has 0 aromatic heterocycles. The zero-order valence-corrected chi connectivity index (χ0v) is 11.8. The molecule has 21 heavy (non-hydrogen) atoms. The molecule has 2 aromatic rings. The second kappa shape index (κ2) is 6.10. The average molecular weight is 281 g/mol. The van der Waals surface area contributed by atoms with Crippen LogP contribution in [0.25, 0.3) is 0 Å². The molecule has 0 spiro atoms. The first kappa shape index (κ1) is 13.8. The van der Waals surface area contributed by atoms with E-state index >= 15 is 0 Å². The van der Waals surface area contributed by atoms with Gasteiger partial charge in [-0.25, -0.2) is 0 Å². The molecule has 108 valence electrons. The first-order chi connectivity index (χ1) is 10.3. The number of rotatable bonds is 5. The predicted octanol–water partition coefficient (Wildman–Crippen LogP) is 2.05. The van der Waals surface area contributed by atoms with E-state index in [0.717, 1.165) is 17.5 Å².